The second-order valence-electron chi connectivity index (χ2n) is 4.99. The fourth-order valence-electron chi connectivity index (χ4n) is 2.21. The molecule has 2 rings (SSSR count). The van der Waals surface area contributed by atoms with Gasteiger partial charge in [0.2, 0.25) is 0 Å². The Labute approximate surface area is 103 Å². The second kappa shape index (κ2) is 4.91. The zero-order chi connectivity index (χ0) is 12.4. The Morgan fingerprint density at radius 2 is 2.00 bits per heavy atom. The largest absolute Gasteiger partial charge is 0.496 e. The summed E-state index contributed by atoms with van der Waals surface area (Å²) < 4.78 is 5.29. The molecule has 1 saturated carbocycles. The maximum Gasteiger partial charge on any atom is 0.136 e. The lowest BCUT2D eigenvalue weighted by Gasteiger charge is -2.11. The highest BCUT2D eigenvalue weighted by molar-refractivity contribution is 5.83. The van der Waals surface area contributed by atoms with Crippen molar-refractivity contribution in [3.63, 3.8) is 0 Å². The van der Waals surface area contributed by atoms with Crippen molar-refractivity contribution in [3.05, 3.63) is 28.8 Å². The Kier molecular flexibility index (Phi) is 3.51. The van der Waals surface area contributed by atoms with E-state index in [-0.39, 0.29) is 0 Å². The molecule has 17 heavy (non-hydrogen) atoms. The molecular weight excluding hydrogens is 212 g/mol. The van der Waals surface area contributed by atoms with Crippen molar-refractivity contribution in [1.82, 2.24) is 0 Å². The van der Waals surface area contributed by atoms with Crippen molar-refractivity contribution < 1.29 is 9.53 Å². The van der Waals surface area contributed by atoms with Gasteiger partial charge in [0.05, 0.1) is 7.11 Å². The first-order valence-corrected chi connectivity index (χ1v) is 6.28. The molecule has 1 aliphatic rings. The van der Waals surface area contributed by atoms with Gasteiger partial charge in [-0.3, -0.25) is 4.79 Å². The van der Waals surface area contributed by atoms with Crippen LogP contribution in [0.5, 0.6) is 5.75 Å². The van der Waals surface area contributed by atoms with E-state index < -0.39 is 0 Å². The quantitative estimate of drug-likeness (QED) is 0.779. The first-order chi connectivity index (χ1) is 8.11. The molecule has 1 aliphatic carbocycles. The molecule has 0 atom stereocenters. The summed E-state index contributed by atoms with van der Waals surface area (Å²) in [6, 6.07) is 4.21. The molecule has 2 nitrogen and oxygen atoms in total. The van der Waals surface area contributed by atoms with E-state index in [1.54, 1.807) is 7.11 Å². The van der Waals surface area contributed by atoms with Gasteiger partial charge in [-0.25, -0.2) is 0 Å². The van der Waals surface area contributed by atoms with E-state index >= 15 is 0 Å². The van der Waals surface area contributed by atoms with Gasteiger partial charge >= 0.3 is 0 Å². The molecule has 0 N–H and O–H groups in total. The summed E-state index contributed by atoms with van der Waals surface area (Å²) in [5.74, 6) is 1.76. The molecule has 1 aromatic carbocycles. The van der Waals surface area contributed by atoms with Crippen LogP contribution in [0.2, 0.25) is 0 Å². The van der Waals surface area contributed by atoms with Gasteiger partial charge in [0.15, 0.2) is 0 Å². The predicted molar refractivity (Wildman–Crippen MR) is 68.5 cm³/mol. The van der Waals surface area contributed by atoms with E-state index in [9.17, 15) is 4.79 Å². The molecule has 0 unspecified atom stereocenters. The minimum absolute atomic E-state index is 0.384. The average Bonchev–Trinajstić information content (AvgIpc) is 3.13. The van der Waals surface area contributed by atoms with Gasteiger partial charge in [0, 0.05) is 12.3 Å². The summed E-state index contributed by atoms with van der Waals surface area (Å²) in [5.41, 5.74) is 3.64. The second-order valence-corrected chi connectivity index (χ2v) is 4.99. The molecule has 0 amide bonds. The summed E-state index contributed by atoms with van der Waals surface area (Å²) >= 11 is 0. The van der Waals surface area contributed by atoms with Crippen LogP contribution in [0.4, 0.5) is 0 Å². The number of methoxy groups -OCH3 is 1. The Hall–Kier alpha value is -1.31. The fourth-order valence-corrected chi connectivity index (χ4v) is 2.21. The standard InChI is InChI=1S/C15H20O2/c1-10-9-15(17-3)11(2)8-13(10)6-7-14(16)12-4-5-12/h8-9,12H,4-7H2,1-3H3. The highest BCUT2D eigenvalue weighted by Gasteiger charge is 2.28. The lowest BCUT2D eigenvalue weighted by Crippen LogP contribution is -2.03. The van der Waals surface area contributed by atoms with E-state index in [2.05, 4.69) is 19.1 Å². The van der Waals surface area contributed by atoms with E-state index in [1.807, 2.05) is 6.92 Å². The summed E-state index contributed by atoms with van der Waals surface area (Å²) in [7, 11) is 1.69. The Morgan fingerprint density at radius 3 is 2.59 bits per heavy atom. The third kappa shape index (κ3) is 2.87. The monoisotopic (exact) mass is 232 g/mol. The molecule has 0 aromatic heterocycles. The molecule has 0 radical (unpaired) electrons. The van der Waals surface area contributed by atoms with Gasteiger partial charge in [-0.05, 0) is 55.9 Å². The molecule has 0 aliphatic heterocycles. The molecule has 0 bridgehead atoms. The Bertz CT molecular complexity index is 431. The molecule has 0 saturated heterocycles. The Balaban J connectivity index is 2.04. The van der Waals surface area contributed by atoms with E-state index in [4.69, 9.17) is 4.74 Å². The minimum atomic E-state index is 0.384. The topological polar surface area (TPSA) is 26.3 Å². The maximum atomic E-state index is 11.7. The van der Waals surface area contributed by atoms with Crippen LogP contribution >= 0.6 is 0 Å². The molecular formula is C15H20O2. The van der Waals surface area contributed by atoms with Crippen molar-refractivity contribution in [2.45, 2.75) is 39.5 Å². The fraction of sp³-hybridized carbons (Fsp3) is 0.533. The maximum absolute atomic E-state index is 11.7. The summed E-state index contributed by atoms with van der Waals surface area (Å²) in [6.45, 7) is 4.13. The number of rotatable bonds is 5. The van der Waals surface area contributed by atoms with Crippen LogP contribution in [-0.2, 0) is 11.2 Å². The van der Waals surface area contributed by atoms with Crippen LogP contribution in [0.3, 0.4) is 0 Å². The molecule has 0 spiro atoms. The first-order valence-electron chi connectivity index (χ1n) is 6.28. The third-order valence-electron chi connectivity index (χ3n) is 3.53. The number of hydrogen-bond donors (Lipinski definition) is 0. The Morgan fingerprint density at radius 1 is 1.29 bits per heavy atom. The molecule has 1 aromatic rings. The molecule has 0 heterocycles. The lowest BCUT2D eigenvalue weighted by molar-refractivity contribution is -0.120. The van der Waals surface area contributed by atoms with Gasteiger partial charge in [-0.15, -0.1) is 0 Å². The van der Waals surface area contributed by atoms with Crippen LogP contribution in [0.15, 0.2) is 12.1 Å². The van der Waals surface area contributed by atoms with Crippen LogP contribution in [0, 0.1) is 19.8 Å². The van der Waals surface area contributed by atoms with E-state index in [0.29, 0.717) is 18.1 Å². The van der Waals surface area contributed by atoms with Crippen molar-refractivity contribution in [2.24, 2.45) is 5.92 Å². The number of carbonyl (C=O) groups is 1. The van der Waals surface area contributed by atoms with Crippen LogP contribution in [0.25, 0.3) is 0 Å². The molecule has 92 valence electrons. The van der Waals surface area contributed by atoms with Crippen molar-refractivity contribution in [3.8, 4) is 5.75 Å². The van der Waals surface area contributed by atoms with Gasteiger partial charge in [0.1, 0.15) is 11.5 Å². The predicted octanol–water partition coefficient (Wildman–Crippen LogP) is 3.22. The normalized spacial score (nSPS) is 14.8. The van der Waals surface area contributed by atoms with E-state index in [0.717, 1.165) is 30.6 Å². The smallest absolute Gasteiger partial charge is 0.136 e. The summed E-state index contributed by atoms with van der Waals surface area (Å²) in [6.07, 6.45) is 3.78. The highest BCUT2D eigenvalue weighted by atomic mass is 16.5. The summed E-state index contributed by atoms with van der Waals surface area (Å²) in [4.78, 5) is 11.7. The number of ketones is 1. The van der Waals surface area contributed by atoms with Crippen LogP contribution in [-0.4, -0.2) is 12.9 Å². The van der Waals surface area contributed by atoms with Crippen molar-refractivity contribution in [1.29, 1.82) is 0 Å². The molecule has 2 heteroatoms. The third-order valence-corrected chi connectivity index (χ3v) is 3.53. The number of hydrogen-bond acceptors (Lipinski definition) is 2. The van der Waals surface area contributed by atoms with Gasteiger partial charge in [-0.2, -0.15) is 0 Å². The van der Waals surface area contributed by atoms with Gasteiger partial charge in [-0.1, -0.05) is 6.07 Å². The first kappa shape index (κ1) is 12.2. The number of benzene rings is 1. The number of aryl methyl sites for hydroxylation is 3. The zero-order valence-electron chi connectivity index (χ0n) is 10.9. The highest BCUT2D eigenvalue weighted by Crippen LogP contribution is 2.31. The van der Waals surface area contributed by atoms with Crippen LogP contribution < -0.4 is 4.74 Å². The number of carbonyl (C=O) groups excluding carboxylic acids is 1. The van der Waals surface area contributed by atoms with Gasteiger partial charge in [0.25, 0.3) is 0 Å². The number of ether oxygens (including phenoxy) is 1. The number of Topliss-reactive ketones (excluding diaryl/α,β-unsaturated/α-hetero) is 1. The van der Waals surface area contributed by atoms with Crippen molar-refractivity contribution >= 4 is 5.78 Å². The average molecular weight is 232 g/mol. The van der Waals surface area contributed by atoms with Crippen LogP contribution in [0.1, 0.15) is 36.0 Å². The SMILES string of the molecule is COc1cc(C)c(CCC(=O)C2CC2)cc1C. The minimum Gasteiger partial charge on any atom is -0.496 e. The summed E-state index contributed by atoms with van der Waals surface area (Å²) in [5, 5.41) is 0. The van der Waals surface area contributed by atoms with Crippen molar-refractivity contribution in [2.75, 3.05) is 7.11 Å². The van der Waals surface area contributed by atoms with Gasteiger partial charge < -0.3 is 4.74 Å². The zero-order valence-corrected chi connectivity index (χ0v) is 10.9. The lowest BCUT2D eigenvalue weighted by atomic mass is 9.98. The van der Waals surface area contributed by atoms with E-state index in [1.165, 1.54) is 11.1 Å². The molecule has 1 fully saturated rings.